The van der Waals surface area contributed by atoms with Crippen molar-refractivity contribution in [3.05, 3.63) is 72.9 Å². The van der Waals surface area contributed by atoms with Crippen LogP contribution in [-0.2, 0) is 62.3 Å². The summed E-state index contributed by atoms with van der Waals surface area (Å²) in [5, 5.41) is 61.3. The first-order valence-electron chi connectivity index (χ1n) is 56.0. The summed E-state index contributed by atoms with van der Waals surface area (Å²) < 4.78 is 25.6. The maximum Gasteiger partial charge on any atom is 0.326 e. The number of aliphatic carboxylic acids is 1. The summed E-state index contributed by atoms with van der Waals surface area (Å²) in [7, 11) is 0. The number of hydrogen-bond acceptors (Lipinski definition) is 25. The highest BCUT2D eigenvalue weighted by atomic mass is 16.4. The maximum atomic E-state index is 14.6. The standard InChI is InChI=1S/C36H55N7O6.C36H53N7O6.C27H39N5O5.C9H18N2O2/c2*1-5-10-25(29(44)34(48)39-23-15-16-23)40-33(47)28-24-14-9-13-22(24)20-43(28)35(49)30(36(2,3)4)42-32(46)27(21-11-7-6-8-12-21)41-31(45)26-19-37-17-18-38-26;1-27(2,3)22(25(35)32-15-17-10-7-11-18(17)21(32)26(36)37)31-24(34)20(16-8-5-4-6-9-16)30-23(33)19-14-28-12-13-29-19;1-2-3-7(10)8(12)9(13)11-6-4-5-6/h17-19,21-25,27-30,44H,5-16,20H2,1-4H3,(H,39,48)(H,40,47)(H,41,45)(H,42,46);17-19,21-25,27-28,30H,5-16,20H2,1-4H3,(H,39,48)(H,40,47)(H,41,45)(H,42,46);12-14,16-18,20-22H,4-11,15H2,1-3H3,(H,30,33)(H,31,34)(H,36,37);6-8,12H,2-5,10H2,1H3,(H,11,13)/t22-,24-,25-,27-,28-,29?,30+;22-,24-,25-,27-,28-,30+;17-,18-,20-,21-,22+;7-,8?/m0000/s1/i2*25D;;7D. The van der Waals surface area contributed by atoms with Crippen LogP contribution >= 0.6 is 0 Å². The third kappa shape index (κ3) is 31.1. The highest BCUT2D eigenvalue weighted by Crippen LogP contribution is 2.47. The monoisotopic (exact) mass is 2060 g/mol. The van der Waals surface area contributed by atoms with E-state index in [4.69, 9.17) is 9.85 Å². The lowest BCUT2D eigenvalue weighted by atomic mass is 9.82. The Labute approximate surface area is 874 Å². The second-order valence-corrected chi connectivity index (χ2v) is 46.2. The molecule has 9 saturated carbocycles. The van der Waals surface area contributed by atoms with E-state index in [9.17, 15) is 92.0 Å². The predicted octanol–water partition coefficient (Wildman–Crippen LogP) is 6.83. The summed E-state index contributed by atoms with van der Waals surface area (Å²) in [4.78, 5) is 244. The third-order valence-corrected chi connectivity index (χ3v) is 31.5. The molecule has 3 saturated heterocycles. The maximum absolute atomic E-state index is 14.6. The molecule has 12 aliphatic rings. The van der Waals surface area contributed by atoms with Gasteiger partial charge in [-0.25, -0.2) is 19.7 Å². The van der Waals surface area contributed by atoms with Gasteiger partial charge in [0.1, 0.15) is 77.6 Å². The fraction of sp³-hybridized carbons (Fsp3) is 0.741. The number of Topliss-reactive ketones (excluding diaryl/α,β-unsaturated/α-hetero) is 1. The molecule has 816 valence electrons. The number of aromatic nitrogens is 6. The minimum absolute atomic E-state index is 0.0245. The number of aliphatic hydroxyl groups is 2. The topological polar surface area (TPSA) is 579 Å². The van der Waals surface area contributed by atoms with Crippen molar-refractivity contribution in [1.29, 1.82) is 0 Å². The minimum Gasteiger partial charge on any atom is -0.480 e. The van der Waals surface area contributed by atoms with E-state index in [0.29, 0.717) is 51.7 Å². The first-order valence-corrected chi connectivity index (χ1v) is 54.5. The molecule has 40 heteroatoms. The van der Waals surface area contributed by atoms with Crippen molar-refractivity contribution in [3.63, 3.8) is 0 Å². The van der Waals surface area contributed by atoms with Gasteiger partial charge >= 0.3 is 5.97 Å². The van der Waals surface area contributed by atoms with Crippen molar-refractivity contribution in [2.45, 2.75) is 417 Å². The van der Waals surface area contributed by atoms with Crippen molar-refractivity contribution < 1.29 is 96.1 Å². The zero-order valence-electron chi connectivity index (χ0n) is 91.5. The molecule has 14 amide bonds. The number of amides is 14. The van der Waals surface area contributed by atoms with Gasteiger partial charge in [-0.3, -0.25) is 86.9 Å². The van der Waals surface area contributed by atoms with Crippen LogP contribution in [0.1, 0.15) is 350 Å². The number of likely N-dealkylation sites (tertiary alicyclic amines) is 3. The van der Waals surface area contributed by atoms with Gasteiger partial charge in [-0.15, -0.1) is 0 Å². The van der Waals surface area contributed by atoms with Crippen LogP contribution in [0.4, 0.5) is 0 Å². The molecule has 2 unspecified atom stereocenters. The predicted molar refractivity (Wildman–Crippen MR) is 547 cm³/mol. The summed E-state index contributed by atoms with van der Waals surface area (Å²) in [6.45, 7) is 23.1. The Morgan fingerprint density at radius 2 is 0.689 bits per heavy atom. The molecule has 3 aliphatic heterocycles. The van der Waals surface area contributed by atoms with E-state index in [-0.39, 0.29) is 107 Å². The van der Waals surface area contributed by atoms with Crippen molar-refractivity contribution >= 4 is 94.5 Å². The zero-order valence-corrected chi connectivity index (χ0v) is 88.5. The lowest BCUT2D eigenvalue weighted by Gasteiger charge is -2.38. The molecular weight excluding hydrogens is 1900 g/mol. The van der Waals surface area contributed by atoms with Gasteiger partial charge in [0.15, 0.2) is 6.10 Å². The molecule has 6 heterocycles. The number of aliphatic hydroxyl groups excluding tert-OH is 2. The largest absolute Gasteiger partial charge is 0.480 e. The molecule has 0 aromatic carbocycles. The van der Waals surface area contributed by atoms with Crippen molar-refractivity contribution in [2.24, 2.45) is 75.2 Å². The van der Waals surface area contributed by atoms with Gasteiger partial charge in [0, 0.05) is 82.3 Å². The molecular formula is C108H165N21O19. The quantitative estimate of drug-likeness (QED) is 0.0261. The van der Waals surface area contributed by atoms with E-state index in [1.54, 1.807) is 6.92 Å². The van der Waals surface area contributed by atoms with Gasteiger partial charge < -0.3 is 94.2 Å². The van der Waals surface area contributed by atoms with E-state index in [0.717, 1.165) is 186 Å². The zero-order chi connectivity index (χ0) is 110. The number of nitrogens with two attached hydrogens (primary N) is 1. The third-order valence-electron chi connectivity index (χ3n) is 31.5. The summed E-state index contributed by atoms with van der Waals surface area (Å²) in [5.41, 5.74) is 3.60. The van der Waals surface area contributed by atoms with Gasteiger partial charge in [-0.1, -0.05) is 179 Å². The first kappa shape index (κ1) is 111. The van der Waals surface area contributed by atoms with Crippen molar-refractivity contribution in [3.8, 4) is 0 Å². The molecule has 148 heavy (non-hydrogen) atoms. The van der Waals surface area contributed by atoms with Gasteiger partial charge in [-0.2, -0.15) is 0 Å². The summed E-state index contributed by atoms with van der Waals surface area (Å²) in [5.74, 6) is -9.87. The molecule has 16 N–H and O–H groups in total. The summed E-state index contributed by atoms with van der Waals surface area (Å²) >= 11 is 0. The summed E-state index contributed by atoms with van der Waals surface area (Å²) in [6, 6.07) is -14.1. The van der Waals surface area contributed by atoms with Gasteiger partial charge in [0.2, 0.25) is 53.0 Å². The van der Waals surface area contributed by atoms with Crippen LogP contribution in [0.5, 0.6) is 0 Å². The van der Waals surface area contributed by atoms with Crippen LogP contribution in [0, 0.1) is 69.5 Å². The molecule has 20 atom stereocenters. The fourth-order valence-corrected chi connectivity index (χ4v) is 23.1. The number of ketones is 1. The molecule has 0 radical (unpaired) electrons. The number of carbonyl (C=O) groups is 16. The molecule has 3 aromatic rings. The van der Waals surface area contributed by atoms with E-state index in [1.165, 1.54) is 70.5 Å². The number of rotatable bonds is 38. The van der Waals surface area contributed by atoms with Crippen molar-refractivity contribution in [1.82, 2.24) is 103 Å². The van der Waals surface area contributed by atoms with Crippen LogP contribution in [0.25, 0.3) is 0 Å². The Kier molecular flexibility index (Phi) is 39.8. The van der Waals surface area contributed by atoms with Crippen LogP contribution < -0.4 is 64.2 Å². The normalized spacial score (nSPS) is 25.5. The van der Waals surface area contributed by atoms with Crippen LogP contribution in [0.2, 0.25) is 0 Å². The Hall–Kier alpha value is -11.2. The summed E-state index contributed by atoms with van der Waals surface area (Å²) in [6.07, 6.45) is 37.3. The molecule has 15 rings (SSSR count). The number of nitrogens with one attached hydrogen (secondary N) is 11. The van der Waals surface area contributed by atoms with Crippen molar-refractivity contribution in [2.75, 3.05) is 19.6 Å². The number of nitrogens with zero attached hydrogens (tertiary/aromatic N) is 9. The molecule has 12 fully saturated rings. The molecule has 0 bridgehead atoms. The van der Waals surface area contributed by atoms with Crippen LogP contribution in [0.3, 0.4) is 0 Å². The lowest BCUT2D eigenvalue weighted by molar-refractivity contribution is -0.152. The average molecular weight is 2060 g/mol. The van der Waals surface area contributed by atoms with E-state index < -0.39 is 189 Å². The van der Waals surface area contributed by atoms with E-state index in [2.05, 4.69) is 88.4 Å². The van der Waals surface area contributed by atoms with Gasteiger partial charge in [0.05, 0.1) is 33.4 Å². The van der Waals surface area contributed by atoms with Crippen LogP contribution in [0.15, 0.2) is 55.8 Å². The second kappa shape index (κ2) is 53.0. The Morgan fingerprint density at radius 1 is 0.372 bits per heavy atom. The average Bonchev–Trinajstić information content (AvgIpc) is 1.61. The first-order chi connectivity index (χ1) is 71.5. The van der Waals surface area contributed by atoms with Gasteiger partial charge in [-0.05, 0) is 204 Å². The van der Waals surface area contributed by atoms with Gasteiger partial charge in [0.25, 0.3) is 35.4 Å². The minimum atomic E-state index is -2.18. The molecule has 3 aromatic heterocycles. The highest BCUT2D eigenvalue weighted by Gasteiger charge is 2.57. The van der Waals surface area contributed by atoms with E-state index >= 15 is 0 Å². The highest BCUT2D eigenvalue weighted by molar-refractivity contribution is 6.38. The molecule has 0 spiro atoms. The lowest BCUT2D eigenvalue weighted by Crippen LogP contribution is -2.62. The smallest absolute Gasteiger partial charge is 0.326 e. The Balaban J connectivity index is 0.000000190. The second-order valence-electron chi connectivity index (χ2n) is 46.2. The van der Waals surface area contributed by atoms with Crippen LogP contribution in [-0.4, -0.2) is 277 Å². The number of hydrogen-bond donors (Lipinski definition) is 15. The van der Waals surface area contributed by atoms with E-state index in [1.807, 2.05) is 76.2 Å². The Bertz CT molecular complexity index is 5230. The molecule has 40 nitrogen and oxygen atoms in total. The SMILES string of the molecule is CC(C)(C)[C@H](NC(=O)[C@@H](NC(=O)c1cnccn1)C1CCCCC1)C(=O)N1C[C@@H]2CCC[C@@H]2[C@H]1C(=O)O.[2H][C@@](CCC)(NC(=O)[C@@H]1[C@H]2CCC[C@H]2CN1C(=O)[C@@H](NC(=O)[C@@H](NC(=O)c1cnccn1)C1CCCCC1)C(C)(C)C)C(=O)C(=O)NC1CC1.[2H][C@@](CCC)(NC(=O)[C@@H]1[C@H]2CCC[C@H]2CN1C(=O)[C@@H](NC(=O)[C@@H](NC(=O)c1cnccn1)C1CCCCC1)C(C)(C)C)C(O)C(=O)NC1CC1.[2H][C@](N)(CCC)C(O)C(=O)NC1CC1. The fourth-order valence-electron chi connectivity index (χ4n) is 23.1. The number of carboxylic acids is 1. The molecule has 9 aliphatic carbocycles. The Morgan fingerprint density at radius 3 is 1.00 bits per heavy atom. The number of fused-ring (bicyclic) bond motifs is 3. The number of carbonyl (C=O) groups excluding carboxylic acids is 15. The number of carboxylic acid groups (broad SMARTS) is 1.